The summed E-state index contributed by atoms with van der Waals surface area (Å²) in [7, 11) is 4.19. The summed E-state index contributed by atoms with van der Waals surface area (Å²) in [4.78, 5) is 18.5. The third kappa shape index (κ3) is 5.38. The highest BCUT2D eigenvalue weighted by Gasteiger charge is 2.34. The van der Waals surface area contributed by atoms with Crippen LogP contribution in [0.25, 0.3) is 0 Å². The summed E-state index contributed by atoms with van der Waals surface area (Å²) in [5, 5.41) is 9.45. The summed E-state index contributed by atoms with van der Waals surface area (Å²) in [6, 6.07) is 0. The topological polar surface area (TPSA) is 47.0 Å². The van der Waals surface area contributed by atoms with E-state index in [9.17, 15) is 9.90 Å². The lowest BCUT2D eigenvalue weighted by atomic mass is 9.85. The van der Waals surface area contributed by atoms with Crippen LogP contribution in [0.15, 0.2) is 0 Å². The summed E-state index contributed by atoms with van der Waals surface area (Å²) in [5.74, 6) is -0.658. The fourth-order valence-corrected chi connectivity index (χ4v) is 2.81. The molecule has 1 rings (SSSR count). The van der Waals surface area contributed by atoms with Gasteiger partial charge >= 0.3 is 5.97 Å². The molecule has 0 aromatic carbocycles. The van der Waals surface area contributed by atoms with Crippen molar-refractivity contribution in [3.63, 3.8) is 0 Å². The van der Waals surface area contributed by atoms with E-state index >= 15 is 0 Å². The van der Waals surface area contributed by atoms with E-state index in [0.29, 0.717) is 6.54 Å². The van der Waals surface area contributed by atoms with Gasteiger partial charge in [0.25, 0.3) is 0 Å². The highest BCUT2D eigenvalue weighted by Crippen LogP contribution is 2.25. The van der Waals surface area contributed by atoms with E-state index in [4.69, 9.17) is 0 Å². The number of carboxylic acid groups (broad SMARTS) is 1. The van der Waals surface area contributed by atoms with Crippen LogP contribution in [0.3, 0.4) is 0 Å². The second-order valence-electron chi connectivity index (χ2n) is 6.54. The molecule has 20 heavy (non-hydrogen) atoms. The van der Waals surface area contributed by atoms with Crippen molar-refractivity contribution >= 4 is 5.97 Å². The van der Waals surface area contributed by atoms with Crippen LogP contribution in [-0.2, 0) is 4.79 Å². The first-order valence-electron chi connectivity index (χ1n) is 7.70. The van der Waals surface area contributed by atoms with E-state index < -0.39 is 11.4 Å². The molecule has 1 aliphatic rings. The number of likely N-dealkylation sites (N-methyl/N-ethyl adjacent to an activating group) is 1. The fourth-order valence-electron chi connectivity index (χ4n) is 2.81. The van der Waals surface area contributed by atoms with Crippen LogP contribution in [-0.4, -0.2) is 85.7 Å². The largest absolute Gasteiger partial charge is 0.481 e. The summed E-state index contributed by atoms with van der Waals surface area (Å²) in [6.45, 7) is 10.9. The maximum atomic E-state index is 11.5. The van der Waals surface area contributed by atoms with Crippen molar-refractivity contribution in [2.75, 3.05) is 59.9 Å². The van der Waals surface area contributed by atoms with Crippen LogP contribution >= 0.6 is 0 Å². The molecule has 0 bridgehead atoms. The van der Waals surface area contributed by atoms with Gasteiger partial charge in [-0.25, -0.2) is 0 Å². The zero-order valence-corrected chi connectivity index (χ0v) is 13.6. The minimum Gasteiger partial charge on any atom is -0.481 e. The molecule has 1 atom stereocenters. The predicted octanol–water partition coefficient (Wildman–Crippen LogP) is 1.06. The van der Waals surface area contributed by atoms with E-state index in [1.54, 1.807) is 0 Å². The predicted molar refractivity (Wildman–Crippen MR) is 82.1 cm³/mol. The van der Waals surface area contributed by atoms with Gasteiger partial charge in [-0.2, -0.15) is 0 Å². The van der Waals surface area contributed by atoms with Crippen molar-refractivity contribution in [1.29, 1.82) is 0 Å². The highest BCUT2D eigenvalue weighted by molar-refractivity contribution is 5.74. The number of nitrogens with zero attached hydrogens (tertiary/aromatic N) is 3. The van der Waals surface area contributed by atoms with Gasteiger partial charge in [0.1, 0.15) is 0 Å². The van der Waals surface area contributed by atoms with E-state index in [-0.39, 0.29) is 0 Å². The Balaban J connectivity index is 2.39. The van der Waals surface area contributed by atoms with Gasteiger partial charge in [0.15, 0.2) is 0 Å². The second kappa shape index (κ2) is 7.96. The van der Waals surface area contributed by atoms with E-state index in [0.717, 1.165) is 52.1 Å². The van der Waals surface area contributed by atoms with Crippen LogP contribution in [0.4, 0.5) is 0 Å². The molecule has 1 unspecified atom stereocenters. The zero-order valence-electron chi connectivity index (χ0n) is 13.6. The van der Waals surface area contributed by atoms with Gasteiger partial charge in [0.05, 0.1) is 5.41 Å². The summed E-state index contributed by atoms with van der Waals surface area (Å²) in [5.41, 5.74) is -0.597. The smallest absolute Gasteiger partial charge is 0.310 e. The van der Waals surface area contributed by atoms with Gasteiger partial charge in [-0.05, 0) is 27.4 Å². The fraction of sp³-hybridized carbons (Fsp3) is 0.933. The van der Waals surface area contributed by atoms with Crippen LogP contribution in [0.5, 0.6) is 0 Å². The molecule has 5 nitrogen and oxygen atoms in total. The Morgan fingerprint density at radius 2 is 1.75 bits per heavy atom. The maximum absolute atomic E-state index is 11.5. The molecule has 0 aromatic rings. The number of hydrogen-bond donors (Lipinski definition) is 1. The number of rotatable bonds is 8. The van der Waals surface area contributed by atoms with Gasteiger partial charge in [-0.15, -0.1) is 0 Å². The summed E-state index contributed by atoms with van der Waals surface area (Å²) < 4.78 is 0. The Morgan fingerprint density at radius 1 is 1.20 bits per heavy atom. The Labute approximate surface area is 123 Å². The van der Waals surface area contributed by atoms with Crippen molar-refractivity contribution in [2.45, 2.75) is 26.7 Å². The lowest BCUT2D eigenvalue weighted by molar-refractivity contribution is -0.149. The van der Waals surface area contributed by atoms with E-state index in [1.807, 2.05) is 6.92 Å². The standard InChI is InChI=1S/C15H31N3O2/c1-5-6-15(2,14(19)20)13-18-11-9-17(10-12-18)8-7-16(3)4/h5-13H2,1-4H3,(H,19,20). The second-order valence-corrected chi connectivity index (χ2v) is 6.54. The molecule has 1 aliphatic heterocycles. The molecular formula is C15H31N3O2. The van der Waals surface area contributed by atoms with Crippen LogP contribution in [0.1, 0.15) is 26.7 Å². The van der Waals surface area contributed by atoms with Crippen molar-refractivity contribution in [1.82, 2.24) is 14.7 Å². The molecule has 0 aromatic heterocycles. The molecule has 0 aliphatic carbocycles. The first kappa shape index (κ1) is 17.4. The van der Waals surface area contributed by atoms with Gasteiger partial charge in [-0.1, -0.05) is 13.3 Å². The molecule has 0 amide bonds. The number of piperazine rings is 1. The van der Waals surface area contributed by atoms with E-state index in [1.165, 1.54) is 0 Å². The van der Waals surface area contributed by atoms with Gasteiger partial charge in [0.2, 0.25) is 0 Å². The maximum Gasteiger partial charge on any atom is 0.310 e. The molecule has 1 N–H and O–H groups in total. The van der Waals surface area contributed by atoms with Crippen LogP contribution < -0.4 is 0 Å². The van der Waals surface area contributed by atoms with Crippen molar-refractivity contribution < 1.29 is 9.90 Å². The van der Waals surface area contributed by atoms with Crippen LogP contribution in [0.2, 0.25) is 0 Å². The molecule has 0 radical (unpaired) electrons. The van der Waals surface area contributed by atoms with E-state index in [2.05, 4.69) is 35.7 Å². The number of hydrogen-bond acceptors (Lipinski definition) is 4. The Hall–Kier alpha value is -0.650. The third-order valence-electron chi connectivity index (χ3n) is 4.22. The molecule has 118 valence electrons. The molecule has 5 heteroatoms. The van der Waals surface area contributed by atoms with Gasteiger partial charge < -0.3 is 10.0 Å². The SMILES string of the molecule is CCCC(C)(CN1CCN(CCN(C)C)CC1)C(=O)O. The average Bonchev–Trinajstić information content (AvgIpc) is 2.38. The Bertz CT molecular complexity index is 301. The molecule has 1 fully saturated rings. The van der Waals surface area contributed by atoms with Crippen LogP contribution in [0, 0.1) is 5.41 Å². The van der Waals surface area contributed by atoms with Crippen molar-refractivity contribution in [2.24, 2.45) is 5.41 Å². The number of aliphatic carboxylic acids is 1. The molecule has 1 saturated heterocycles. The average molecular weight is 285 g/mol. The zero-order chi connectivity index (χ0) is 15.2. The first-order chi connectivity index (χ1) is 9.37. The number of carbonyl (C=O) groups is 1. The molecule has 0 saturated carbocycles. The lowest BCUT2D eigenvalue weighted by Crippen LogP contribution is -2.51. The Kier molecular flexibility index (Phi) is 6.92. The minimum absolute atomic E-state index is 0.597. The molecule has 1 heterocycles. The summed E-state index contributed by atoms with van der Waals surface area (Å²) in [6.07, 6.45) is 1.68. The highest BCUT2D eigenvalue weighted by atomic mass is 16.4. The quantitative estimate of drug-likeness (QED) is 0.722. The van der Waals surface area contributed by atoms with Gasteiger partial charge in [-0.3, -0.25) is 14.6 Å². The summed E-state index contributed by atoms with van der Waals surface area (Å²) >= 11 is 0. The van der Waals surface area contributed by atoms with Crippen molar-refractivity contribution in [3.05, 3.63) is 0 Å². The van der Waals surface area contributed by atoms with Crippen molar-refractivity contribution in [3.8, 4) is 0 Å². The molecular weight excluding hydrogens is 254 g/mol. The van der Waals surface area contributed by atoms with Gasteiger partial charge in [0, 0.05) is 45.8 Å². The minimum atomic E-state index is -0.658. The first-order valence-corrected chi connectivity index (χ1v) is 7.70. The lowest BCUT2D eigenvalue weighted by Gasteiger charge is -2.38. The Morgan fingerprint density at radius 3 is 2.20 bits per heavy atom. The normalized spacial score (nSPS) is 21.1. The monoisotopic (exact) mass is 285 g/mol. The number of carboxylic acids is 1. The third-order valence-corrected chi connectivity index (χ3v) is 4.22. The molecule has 0 spiro atoms.